The van der Waals surface area contributed by atoms with E-state index in [-0.39, 0.29) is 23.5 Å². The summed E-state index contributed by atoms with van der Waals surface area (Å²) in [4.78, 5) is 4.31. The largest absolute Gasteiger partial charge is 0.339 e. The maximum Gasteiger partial charge on any atom is 0.228 e. The highest BCUT2D eigenvalue weighted by Crippen LogP contribution is 2.26. The Morgan fingerprint density at radius 3 is 3.00 bits per heavy atom. The fourth-order valence-corrected chi connectivity index (χ4v) is 3.81. The lowest BCUT2D eigenvalue weighted by Gasteiger charge is -2.18. The standard InChI is InChI=1S/C11H19N3O3S/c1-8(12-2)6-10-13-11(14-17-10)9-4-3-5-18(15,16)7-9/h8-9,12H,3-7H2,1-2H3. The summed E-state index contributed by atoms with van der Waals surface area (Å²) in [5, 5.41) is 7.01. The van der Waals surface area contributed by atoms with Crippen LogP contribution in [0.1, 0.15) is 37.4 Å². The molecule has 6 nitrogen and oxygen atoms in total. The molecule has 0 aromatic carbocycles. The zero-order chi connectivity index (χ0) is 13.2. The van der Waals surface area contributed by atoms with Crippen LogP contribution in [0.25, 0.3) is 0 Å². The zero-order valence-corrected chi connectivity index (χ0v) is 11.5. The van der Waals surface area contributed by atoms with Crippen LogP contribution >= 0.6 is 0 Å². The highest BCUT2D eigenvalue weighted by Gasteiger charge is 2.29. The summed E-state index contributed by atoms with van der Waals surface area (Å²) < 4.78 is 28.3. The van der Waals surface area contributed by atoms with Crippen molar-refractivity contribution < 1.29 is 12.9 Å². The van der Waals surface area contributed by atoms with Crippen LogP contribution in [0.4, 0.5) is 0 Å². The summed E-state index contributed by atoms with van der Waals surface area (Å²) >= 11 is 0. The van der Waals surface area contributed by atoms with E-state index in [9.17, 15) is 8.42 Å². The molecular formula is C11H19N3O3S. The zero-order valence-electron chi connectivity index (χ0n) is 10.7. The Balaban J connectivity index is 2.05. The molecule has 0 amide bonds. The lowest BCUT2D eigenvalue weighted by atomic mass is 10.1. The number of sulfone groups is 1. The molecule has 2 heterocycles. The van der Waals surface area contributed by atoms with Crippen LogP contribution in [0.15, 0.2) is 4.52 Å². The SMILES string of the molecule is CNC(C)Cc1nc(C2CCCS(=O)(=O)C2)no1. The van der Waals surface area contributed by atoms with Crippen LogP contribution in [0, 0.1) is 0 Å². The second kappa shape index (κ2) is 5.36. The topological polar surface area (TPSA) is 85.1 Å². The molecule has 2 unspecified atom stereocenters. The number of nitrogens with one attached hydrogen (secondary N) is 1. The minimum atomic E-state index is -2.93. The Morgan fingerprint density at radius 1 is 1.56 bits per heavy atom. The fourth-order valence-electron chi connectivity index (χ4n) is 2.11. The third-order valence-electron chi connectivity index (χ3n) is 3.29. The minimum Gasteiger partial charge on any atom is -0.339 e. The predicted molar refractivity (Wildman–Crippen MR) is 67.2 cm³/mol. The normalized spacial score (nSPS) is 24.9. The first-order valence-corrected chi connectivity index (χ1v) is 8.02. The van der Waals surface area contributed by atoms with Crippen molar-refractivity contribution in [3.63, 3.8) is 0 Å². The third kappa shape index (κ3) is 3.29. The highest BCUT2D eigenvalue weighted by molar-refractivity contribution is 7.91. The maximum absolute atomic E-state index is 11.6. The summed E-state index contributed by atoms with van der Waals surface area (Å²) in [7, 11) is -1.06. The molecule has 102 valence electrons. The van der Waals surface area contributed by atoms with Crippen molar-refractivity contribution in [2.24, 2.45) is 0 Å². The maximum atomic E-state index is 11.6. The van der Waals surface area contributed by atoms with E-state index in [1.54, 1.807) is 0 Å². The summed E-state index contributed by atoms with van der Waals surface area (Å²) in [5.41, 5.74) is 0. The van der Waals surface area contributed by atoms with Gasteiger partial charge in [-0.25, -0.2) is 8.42 Å². The minimum absolute atomic E-state index is 0.105. The van der Waals surface area contributed by atoms with Crippen LogP contribution < -0.4 is 5.32 Å². The smallest absolute Gasteiger partial charge is 0.228 e. The second-order valence-corrected chi connectivity index (χ2v) is 7.12. The van der Waals surface area contributed by atoms with E-state index in [2.05, 4.69) is 15.5 Å². The van der Waals surface area contributed by atoms with Gasteiger partial charge in [0, 0.05) is 18.4 Å². The average molecular weight is 273 g/mol. The van der Waals surface area contributed by atoms with Crippen molar-refractivity contribution in [2.45, 2.75) is 38.1 Å². The summed E-state index contributed by atoms with van der Waals surface area (Å²) in [5.74, 6) is 1.43. The van der Waals surface area contributed by atoms with E-state index >= 15 is 0 Å². The van der Waals surface area contributed by atoms with Crippen molar-refractivity contribution in [1.29, 1.82) is 0 Å². The van der Waals surface area contributed by atoms with E-state index in [1.807, 2.05) is 14.0 Å². The molecule has 18 heavy (non-hydrogen) atoms. The first-order chi connectivity index (χ1) is 8.50. The van der Waals surface area contributed by atoms with Gasteiger partial charge in [0.05, 0.1) is 11.5 Å². The van der Waals surface area contributed by atoms with Gasteiger partial charge in [-0.2, -0.15) is 4.98 Å². The van der Waals surface area contributed by atoms with Gasteiger partial charge in [0.15, 0.2) is 15.7 Å². The van der Waals surface area contributed by atoms with Crippen molar-refractivity contribution in [3.05, 3.63) is 11.7 Å². The van der Waals surface area contributed by atoms with Crippen molar-refractivity contribution >= 4 is 9.84 Å². The summed E-state index contributed by atoms with van der Waals surface area (Å²) in [6.45, 7) is 2.02. The third-order valence-corrected chi connectivity index (χ3v) is 5.11. The molecular weight excluding hydrogens is 254 g/mol. The molecule has 2 rings (SSSR count). The Kier molecular flexibility index (Phi) is 4.01. The Labute approximate surface area is 107 Å². The van der Waals surface area contributed by atoms with Gasteiger partial charge in [-0.3, -0.25) is 0 Å². The lowest BCUT2D eigenvalue weighted by molar-refractivity contribution is 0.357. The van der Waals surface area contributed by atoms with E-state index < -0.39 is 9.84 Å². The predicted octanol–water partition coefficient (Wildman–Crippen LogP) is 0.512. The lowest BCUT2D eigenvalue weighted by Crippen LogP contribution is -2.25. The molecule has 0 bridgehead atoms. The average Bonchev–Trinajstić information content (AvgIpc) is 2.76. The highest BCUT2D eigenvalue weighted by atomic mass is 32.2. The molecule has 1 aliphatic rings. The number of nitrogens with zero attached hydrogens (tertiary/aromatic N) is 2. The molecule has 1 aromatic rings. The fraction of sp³-hybridized carbons (Fsp3) is 0.818. The van der Waals surface area contributed by atoms with E-state index in [0.29, 0.717) is 24.6 Å². The molecule has 0 saturated carbocycles. The van der Waals surface area contributed by atoms with Gasteiger partial charge < -0.3 is 9.84 Å². The summed E-state index contributed by atoms with van der Waals surface area (Å²) in [6.07, 6.45) is 2.16. The first kappa shape index (κ1) is 13.5. The van der Waals surface area contributed by atoms with Crippen LogP contribution in [0.3, 0.4) is 0 Å². The number of rotatable bonds is 4. The molecule has 1 fully saturated rings. The second-order valence-electron chi connectivity index (χ2n) is 4.89. The molecule has 0 spiro atoms. The van der Waals surface area contributed by atoms with Crippen LogP contribution in [0.2, 0.25) is 0 Å². The van der Waals surface area contributed by atoms with Gasteiger partial charge in [0.1, 0.15) is 0 Å². The van der Waals surface area contributed by atoms with Crippen molar-refractivity contribution in [1.82, 2.24) is 15.5 Å². The van der Waals surface area contributed by atoms with Gasteiger partial charge in [-0.15, -0.1) is 0 Å². The molecule has 1 saturated heterocycles. The number of hydrogen-bond acceptors (Lipinski definition) is 6. The number of likely N-dealkylation sites (N-methyl/N-ethyl adjacent to an activating group) is 1. The molecule has 1 N–H and O–H groups in total. The molecule has 0 aliphatic carbocycles. The number of aromatic nitrogens is 2. The molecule has 1 aliphatic heterocycles. The Morgan fingerprint density at radius 2 is 2.33 bits per heavy atom. The number of hydrogen-bond donors (Lipinski definition) is 1. The first-order valence-electron chi connectivity index (χ1n) is 6.20. The van der Waals surface area contributed by atoms with Gasteiger partial charge in [-0.1, -0.05) is 5.16 Å². The van der Waals surface area contributed by atoms with Crippen molar-refractivity contribution in [3.8, 4) is 0 Å². The molecule has 7 heteroatoms. The van der Waals surface area contributed by atoms with E-state index in [1.165, 1.54) is 0 Å². The van der Waals surface area contributed by atoms with Crippen LogP contribution in [0.5, 0.6) is 0 Å². The Hall–Kier alpha value is -0.950. The van der Waals surface area contributed by atoms with Gasteiger partial charge in [0.2, 0.25) is 5.89 Å². The van der Waals surface area contributed by atoms with Crippen LogP contribution in [-0.2, 0) is 16.3 Å². The monoisotopic (exact) mass is 273 g/mol. The van der Waals surface area contributed by atoms with Gasteiger partial charge in [-0.05, 0) is 26.8 Å². The van der Waals surface area contributed by atoms with Crippen LogP contribution in [-0.4, -0.2) is 43.2 Å². The van der Waals surface area contributed by atoms with Crippen molar-refractivity contribution in [2.75, 3.05) is 18.6 Å². The molecule has 0 radical (unpaired) electrons. The van der Waals surface area contributed by atoms with E-state index in [0.717, 1.165) is 6.42 Å². The molecule has 1 aromatic heterocycles. The van der Waals surface area contributed by atoms with E-state index in [4.69, 9.17) is 4.52 Å². The summed E-state index contributed by atoms with van der Waals surface area (Å²) in [6, 6.07) is 0.258. The molecule has 2 atom stereocenters. The van der Waals surface area contributed by atoms with Gasteiger partial charge in [0.25, 0.3) is 0 Å². The quantitative estimate of drug-likeness (QED) is 0.860. The van der Waals surface area contributed by atoms with Gasteiger partial charge >= 0.3 is 0 Å². The Bertz CT molecular complexity index is 497.